The third-order valence-corrected chi connectivity index (χ3v) is 5.30. The van der Waals surface area contributed by atoms with Crippen molar-refractivity contribution in [3.05, 3.63) is 29.8 Å². The van der Waals surface area contributed by atoms with E-state index in [9.17, 15) is 14.4 Å². The normalized spacial score (nSPS) is 21.5. The number of rotatable bonds is 6. The van der Waals surface area contributed by atoms with E-state index in [2.05, 4.69) is 19.2 Å². The van der Waals surface area contributed by atoms with E-state index in [0.717, 1.165) is 5.69 Å². The fourth-order valence-corrected chi connectivity index (χ4v) is 3.22. The summed E-state index contributed by atoms with van der Waals surface area (Å²) in [6.07, 6.45) is 1.61. The molecule has 0 radical (unpaired) electrons. The Morgan fingerprint density at radius 1 is 1.28 bits per heavy atom. The predicted molar refractivity (Wildman–Crippen MR) is 93.3 cm³/mol. The maximum atomic E-state index is 12.6. The Balaban J connectivity index is 1.61. The molecular weight excluding hydrogens is 320 g/mol. The van der Waals surface area contributed by atoms with Gasteiger partial charge < -0.3 is 15.3 Å². The highest BCUT2D eigenvalue weighted by Gasteiger charge is 2.51. The number of carboxylic acid groups (broad SMARTS) is 1. The second-order valence-corrected chi connectivity index (χ2v) is 7.38. The monoisotopic (exact) mass is 344 g/mol. The Hall–Kier alpha value is -2.37. The third kappa shape index (κ3) is 3.38. The van der Waals surface area contributed by atoms with Crippen molar-refractivity contribution >= 4 is 23.5 Å². The van der Waals surface area contributed by atoms with E-state index in [1.807, 2.05) is 24.3 Å². The number of carbonyl (C=O) groups excluding carboxylic acids is 2. The van der Waals surface area contributed by atoms with Crippen molar-refractivity contribution in [1.29, 1.82) is 0 Å². The third-order valence-electron chi connectivity index (χ3n) is 5.30. The van der Waals surface area contributed by atoms with Crippen LogP contribution in [0.3, 0.4) is 0 Å². The van der Waals surface area contributed by atoms with E-state index in [0.29, 0.717) is 31.7 Å². The summed E-state index contributed by atoms with van der Waals surface area (Å²) in [5.74, 6) is -1.76. The topological polar surface area (TPSA) is 86.7 Å². The summed E-state index contributed by atoms with van der Waals surface area (Å²) in [4.78, 5) is 37.7. The second kappa shape index (κ2) is 6.50. The molecule has 0 aromatic heterocycles. The lowest BCUT2D eigenvalue weighted by Crippen LogP contribution is -2.40. The molecule has 1 unspecified atom stereocenters. The number of aliphatic carboxylic acids is 1. The van der Waals surface area contributed by atoms with Crippen LogP contribution < -0.4 is 10.2 Å². The van der Waals surface area contributed by atoms with Crippen LogP contribution >= 0.6 is 0 Å². The van der Waals surface area contributed by atoms with E-state index in [4.69, 9.17) is 5.11 Å². The Morgan fingerprint density at radius 2 is 1.92 bits per heavy atom. The summed E-state index contributed by atoms with van der Waals surface area (Å²) in [5.41, 5.74) is 1.19. The fraction of sp³-hybridized carbons (Fsp3) is 0.526. The molecular formula is C19H24N2O4. The standard InChI is InChI=1S/C19H24N2O4/c1-12(2)13-3-5-14(6-4-13)21-10-7-15(17(21)23)16(22)20-11-19(8-9-19)18(24)25/h3-6,12,15H,7-11H2,1-2H3,(H,20,22)(H,24,25). The van der Waals surface area contributed by atoms with Crippen LogP contribution in [0.5, 0.6) is 0 Å². The Kier molecular flexibility index (Phi) is 4.54. The summed E-state index contributed by atoms with van der Waals surface area (Å²) >= 11 is 0. The van der Waals surface area contributed by atoms with Gasteiger partial charge in [-0.25, -0.2) is 0 Å². The minimum absolute atomic E-state index is 0.105. The molecule has 1 aromatic rings. The molecule has 1 aliphatic heterocycles. The van der Waals surface area contributed by atoms with Crippen LogP contribution in [0.25, 0.3) is 0 Å². The summed E-state index contributed by atoms with van der Waals surface area (Å²) in [5, 5.41) is 11.8. The fourth-order valence-electron chi connectivity index (χ4n) is 3.22. The van der Waals surface area contributed by atoms with E-state index in [1.54, 1.807) is 4.90 Å². The molecule has 0 bridgehead atoms. The van der Waals surface area contributed by atoms with Crippen molar-refractivity contribution in [3.63, 3.8) is 0 Å². The van der Waals surface area contributed by atoms with Crippen LogP contribution in [0, 0.1) is 11.3 Å². The molecule has 6 heteroatoms. The van der Waals surface area contributed by atoms with Gasteiger partial charge in [-0.05, 0) is 42.9 Å². The van der Waals surface area contributed by atoms with Gasteiger partial charge in [-0.1, -0.05) is 26.0 Å². The van der Waals surface area contributed by atoms with E-state index >= 15 is 0 Å². The van der Waals surface area contributed by atoms with Crippen LogP contribution in [0.1, 0.15) is 44.6 Å². The first-order valence-electron chi connectivity index (χ1n) is 8.76. The average molecular weight is 344 g/mol. The molecule has 1 heterocycles. The number of benzene rings is 1. The van der Waals surface area contributed by atoms with Gasteiger partial charge in [-0.2, -0.15) is 0 Å². The van der Waals surface area contributed by atoms with E-state index in [-0.39, 0.29) is 18.4 Å². The number of amides is 2. The largest absolute Gasteiger partial charge is 0.481 e. The quantitative estimate of drug-likeness (QED) is 0.774. The molecule has 1 saturated heterocycles. The first kappa shape index (κ1) is 17.5. The molecule has 25 heavy (non-hydrogen) atoms. The van der Waals surface area contributed by atoms with Gasteiger partial charge in [-0.15, -0.1) is 0 Å². The van der Waals surface area contributed by atoms with Gasteiger partial charge in [0.1, 0.15) is 5.92 Å². The van der Waals surface area contributed by atoms with Crippen LogP contribution in [-0.4, -0.2) is 36.0 Å². The van der Waals surface area contributed by atoms with Crippen LogP contribution in [0.4, 0.5) is 5.69 Å². The van der Waals surface area contributed by atoms with Gasteiger partial charge in [0.15, 0.2) is 0 Å². The molecule has 3 rings (SSSR count). The zero-order valence-corrected chi connectivity index (χ0v) is 14.6. The minimum Gasteiger partial charge on any atom is -0.481 e. The molecule has 1 atom stereocenters. The first-order valence-corrected chi connectivity index (χ1v) is 8.76. The summed E-state index contributed by atoms with van der Waals surface area (Å²) in [6.45, 7) is 4.83. The van der Waals surface area contributed by atoms with E-state index in [1.165, 1.54) is 5.56 Å². The lowest BCUT2D eigenvalue weighted by molar-refractivity contribution is -0.143. The highest BCUT2D eigenvalue weighted by Crippen LogP contribution is 2.45. The summed E-state index contributed by atoms with van der Waals surface area (Å²) < 4.78 is 0. The summed E-state index contributed by atoms with van der Waals surface area (Å²) in [7, 11) is 0. The Labute approximate surface area is 147 Å². The molecule has 2 aliphatic rings. The predicted octanol–water partition coefficient (Wildman–Crippen LogP) is 2.14. The van der Waals surface area contributed by atoms with Crippen molar-refractivity contribution in [2.24, 2.45) is 11.3 Å². The molecule has 2 amide bonds. The van der Waals surface area contributed by atoms with Crippen molar-refractivity contribution in [2.75, 3.05) is 18.0 Å². The van der Waals surface area contributed by atoms with Crippen LogP contribution in [0.15, 0.2) is 24.3 Å². The highest BCUT2D eigenvalue weighted by molar-refractivity contribution is 6.09. The van der Waals surface area contributed by atoms with Crippen molar-refractivity contribution in [3.8, 4) is 0 Å². The lowest BCUT2D eigenvalue weighted by atomic mass is 10.0. The average Bonchev–Trinajstić information content (AvgIpc) is 3.29. The van der Waals surface area contributed by atoms with Crippen LogP contribution in [0.2, 0.25) is 0 Å². The summed E-state index contributed by atoms with van der Waals surface area (Å²) in [6, 6.07) is 7.84. The zero-order chi connectivity index (χ0) is 18.2. The molecule has 1 saturated carbocycles. The molecule has 2 fully saturated rings. The smallest absolute Gasteiger partial charge is 0.311 e. The number of nitrogens with zero attached hydrogens (tertiary/aromatic N) is 1. The molecule has 1 aliphatic carbocycles. The van der Waals surface area contributed by atoms with Gasteiger partial charge >= 0.3 is 5.97 Å². The number of nitrogens with one attached hydrogen (secondary N) is 1. The second-order valence-electron chi connectivity index (χ2n) is 7.38. The number of hydrogen-bond donors (Lipinski definition) is 2. The van der Waals surface area contributed by atoms with Gasteiger partial charge in [-0.3, -0.25) is 14.4 Å². The minimum atomic E-state index is -0.877. The van der Waals surface area contributed by atoms with Crippen LogP contribution in [-0.2, 0) is 14.4 Å². The van der Waals surface area contributed by atoms with Crippen molar-refractivity contribution in [1.82, 2.24) is 5.32 Å². The first-order chi connectivity index (χ1) is 11.8. The van der Waals surface area contributed by atoms with Gasteiger partial charge in [0.05, 0.1) is 5.41 Å². The molecule has 0 spiro atoms. The van der Waals surface area contributed by atoms with Crippen molar-refractivity contribution < 1.29 is 19.5 Å². The van der Waals surface area contributed by atoms with Crippen molar-refractivity contribution in [2.45, 2.75) is 39.0 Å². The number of carboxylic acids is 1. The number of carbonyl (C=O) groups is 3. The van der Waals surface area contributed by atoms with E-state index < -0.39 is 17.3 Å². The number of hydrogen-bond acceptors (Lipinski definition) is 3. The highest BCUT2D eigenvalue weighted by atomic mass is 16.4. The molecule has 2 N–H and O–H groups in total. The van der Waals surface area contributed by atoms with Gasteiger partial charge in [0, 0.05) is 18.8 Å². The lowest BCUT2D eigenvalue weighted by Gasteiger charge is -2.18. The van der Waals surface area contributed by atoms with Gasteiger partial charge in [0.2, 0.25) is 11.8 Å². The Bertz CT molecular complexity index is 692. The Morgan fingerprint density at radius 3 is 2.44 bits per heavy atom. The molecule has 1 aromatic carbocycles. The maximum Gasteiger partial charge on any atom is 0.311 e. The molecule has 134 valence electrons. The molecule has 6 nitrogen and oxygen atoms in total. The zero-order valence-electron chi connectivity index (χ0n) is 14.6. The maximum absolute atomic E-state index is 12.6. The SMILES string of the molecule is CC(C)c1ccc(N2CCC(C(=O)NCC3(C(=O)O)CC3)C2=O)cc1. The number of anilines is 1. The van der Waals surface area contributed by atoms with Gasteiger partial charge in [0.25, 0.3) is 0 Å².